The molecule has 0 aromatic carbocycles. The van der Waals surface area contributed by atoms with E-state index in [0.29, 0.717) is 58.1 Å². The summed E-state index contributed by atoms with van der Waals surface area (Å²) in [6, 6.07) is 1.77. The van der Waals surface area contributed by atoms with Crippen LogP contribution in [0.25, 0.3) is 0 Å². The maximum Gasteiger partial charge on any atom is 0.311 e. The second-order valence-corrected chi connectivity index (χ2v) is 7.06. The maximum atomic E-state index is 12.4. The van der Waals surface area contributed by atoms with Crippen molar-refractivity contribution in [3.8, 4) is 0 Å². The highest BCUT2D eigenvalue weighted by molar-refractivity contribution is 5.82. The predicted molar refractivity (Wildman–Crippen MR) is 101 cm³/mol. The molecule has 3 rings (SSSR count). The van der Waals surface area contributed by atoms with Crippen molar-refractivity contribution in [2.75, 3.05) is 50.8 Å². The topological polar surface area (TPSA) is 95.9 Å². The molecule has 3 heterocycles. The lowest BCUT2D eigenvalue weighted by molar-refractivity contribution is -0.157. The van der Waals surface area contributed by atoms with Gasteiger partial charge in [-0.15, -0.1) is 0 Å². The Labute approximate surface area is 164 Å². The van der Waals surface area contributed by atoms with Gasteiger partial charge < -0.3 is 19.4 Å². The van der Waals surface area contributed by atoms with Gasteiger partial charge in [-0.1, -0.05) is 6.92 Å². The van der Waals surface area contributed by atoms with Gasteiger partial charge in [0.15, 0.2) is 6.61 Å². The molecule has 152 valence electrons. The number of amides is 2. The van der Waals surface area contributed by atoms with Crippen LogP contribution in [0, 0.1) is 5.92 Å². The Hall–Kier alpha value is -2.71. The molecule has 0 aliphatic carbocycles. The largest absolute Gasteiger partial charge is 0.455 e. The van der Waals surface area contributed by atoms with E-state index in [1.807, 2.05) is 11.8 Å². The van der Waals surface area contributed by atoms with Gasteiger partial charge in [-0.3, -0.25) is 14.4 Å². The van der Waals surface area contributed by atoms with Crippen molar-refractivity contribution in [1.29, 1.82) is 0 Å². The molecule has 28 heavy (non-hydrogen) atoms. The van der Waals surface area contributed by atoms with E-state index in [1.165, 1.54) is 0 Å². The summed E-state index contributed by atoms with van der Waals surface area (Å²) in [6.45, 7) is 4.99. The van der Waals surface area contributed by atoms with E-state index in [2.05, 4.69) is 9.97 Å². The Balaban J connectivity index is 1.42. The molecule has 0 radical (unpaired) electrons. The summed E-state index contributed by atoms with van der Waals surface area (Å²) in [5.41, 5.74) is 0. The SMILES string of the molecule is CCC(=O)N1CCCC(C(=O)OCC(=O)N2CCN(c3ncccn3)CC2)C1. The number of anilines is 1. The standard InChI is InChI=1S/C19H27N5O4/c1-2-16(25)24-8-3-5-15(13-24)18(27)28-14-17(26)22-9-11-23(12-10-22)19-20-6-4-7-21-19/h4,6-7,15H,2-3,5,8-14H2,1H3. The number of nitrogens with zero attached hydrogens (tertiary/aromatic N) is 5. The van der Waals surface area contributed by atoms with Crippen LogP contribution in [-0.4, -0.2) is 83.4 Å². The molecule has 2 aliphatic heterocycles. The number of hydrogen-bond acceptors (Lipinski definition) is 7. The molecule has 1 aromatic heterocycles. The fourth-order valence-corrected chi connectivity index (χ4v) is 3.57. The van der Waals surface area contributed by atoms with Crippen molar-refractivity contribution in [2.24, 2.45) is 5.92 Å². The molecule has 0 N–H and O–H groups in total. The quantitative estimate of drug-likeness (QED) is 0.669. The summed E-state index contributed by atoms with van der Waals surface area (Å²) in [7, 11) is 0. The van der Waals surface area contributed by atoms with Crippen LogP contribution in [0.2, 0.25) is 0 Å². The zero-order valence-electron chi connectivity index (χ0n) is 16.2. The molecule has 2 fully saturated rings. The average molecular weight is 389 g/mol. The molecule has 0 spiro atoms. The zero-order valence-corrected chi connectivity index (χ0v) is 16.2. The minimum atomic E-state index is -0.390. The number of carbonyl (C=O) groups excluding carboxylic acids is 3. The highest BCUT2D eigenvalue weighted by atomic mass is 16.5. The van der Waals surface area contributed by atoms with Crippen molar-refractivity contribution in [3.05, 3.63) is 18.5 Å². The Morgan fingerprint density at radius 3 is 2.43 bits per heavy atom. The molecular formula is C19H27N5O4. The number of rotatable bonds is 5. The molecule has 2 amide bonds. The third-order valence-corrected chi connectivity index (χ3v) is 5.22. The third-order valence-electron chi connectivity index (χ3n) is 5.22. The van der Waals surface area contributed by atoms with E-state index < -0.39 is 5.97 Å². The van der Waals surface area contributed by atoms with E-state index >= 15 is 0 Å². The van der Waals surface area contributed by atoms with Gasteiger partial charge in [0.25, 0.3) is 5.91 Å². The highest BCUT2D eigenvalue weighted by Crippen LogP contribution is 2.19. The molecule has 0 saturated carbocycles. The number of ether oxygens (including phenoxy) is 1. The van der Waals surface area contributed by atoms with Crippen molar-refractivity contribution in [3.63, 3.8) is 0 Å². The van der Waals surface area contributed by atoms with Gasteiger partial charge in [-0.25, -0.2) is 9.97 Å². The van der Waals surface area contributed by atoms with E-state index in [-0.39, 0.29) is 24.3 Å². The predicted octanol–water partition coefficient (Wildman–Crippen LogP) is 0.317. The number of hydrogen-bond donors (Lipinski definition) is 0. The molecule has 1 atom stereocenters. The zero-order chi connectivity index (χ0) is 19.9. The second kappa shape index (κ2) is 9.48. The molecule has 9 nitrogen and oxygen atoms in total. The summed E-state index contributed by atoms with van der Waals surface area (Å²) in [5, 5.41) is 0. The lowest BCUT2D eigenvalue weighted by atomic mass is 9.98. The number of carbonyl (C=O) groups is 3. The van der Waals surface area contributed by atoms with Gasteiger partial charge in [-0.05, 0) is 18.9 Å². The van der Waals surface area contributed by atoms with Crippen LogP contribution in [-0.2, 0) is 19.1 Å². The van der Waals surface area contributed by atoms with Crippen LogP contribution < -0.4 is 4.90 Å². The number of piperazine rings is 1. The van der Waals surface area contributed by atoms with Crippen LogP contribution in [0.15, 0.2) is 18.5 Å². The van der Waals surface area contributed by atoms with Crippen molar-refractivity contribution in [1.82, 2.24) is 19.8 Å². The Morgan fingerprint density at radius 1 is 1.04 bits per heavy atom. The molecule has 0 bridgehead atoms. The Bertz CT molecular complexity index is 691. The summed E-state index contributed by atoms with van der Waals surface area (Å²) in [6.07, 6.45) is 5.29. The summed E-state index contributed by atoms with van der Waals surface area (Å²) in [4.78, 5) is 50.4. The fraction of sp³-hybridized carbons (Fsp3) is 0.632. The lowest BCUT2D eigenvalue weighted by Gasteiger charge is -2.34. The van der Waals surface area contributed by atoms with Crippen LogP contribution in [0.1, 0.15) is 26.2 Å². The van der Waals surface area contributed by atoms with Gasteiger partial charge in [0.2, 0.25) is 11.9 Å². The maximum absolute atomic E-state index is 12.4. The van der Waals surface area contributed by atoms with E-state index in [9.17, 15) is 14.4 Å². The Kier molecular flexibility index (Phi) is 6.78. The number of likely N-dealkylation sites (tertiary alicyclic amines) is 1. The van der Waals surface area contributed by atoms with E-state index in [0.717, 1.165) is 6.42 Å². The van der Waals surface area contributed by atoms with Gasteiger partial charge in [-0.2, -0.15) is 0 Å². The van der Waals surface area contributed by atoms with Gasteiger partial charge in [0.05, 0.1) is 5.92 Å². The second-order valence-electron chi connectivity index (χ2n) is 7.06. The normalized spacial score (nSPS) is 20.0. The molecular weight excluding hydrogens is 362 g/mol. The summed E-state index contributed by atoms with van der Waals surface area (Å²) < 4.78 is 5.26. The summed E-state index contributed by atoms with van der Waals surface area (Å²) >= 11 is 0. The third kappa shape index (κ3) is 4.96. The lowest BCUT2D eigenvalue weighted by Crippen LogP contribution is -2.50. The molecule has 2 saturated heterocycles. The first-order valence-electron chi connectivity index (χ1n) is 9.82. The minimum absolute atomic E-state index is 0.0499. The average Bonchev–Trinajstić information content (AvgIpc) is 2.77. The molecule has 1 unspecified atom stereocenters. The van der Waals surface area contributed by atoms with Crippen LogP contribution in [0.4, 0.5) is 5.95 Å². The van der Waals surface area contributed by atoms with Crippen LogP contribution >= 0.6 is 0 Å². The molecule has 9 heteroatoms. The van der Waals surface area contributed by atoms with E-state index in [1.54, 1.807) is 28.3 Å². The summed E-state index contributed by atoms with van der Waals surface area (Å²) in [5.74, 6) is -0.222. The minimum Gasteiger partial charge on any atom is -0.455 e. The molecule has 1 aromatic rings. The first-order valence-corrected chi connectivity index (χ1v) is 9.82. The monoisotopic (exact) mass is 389 g/mol. The van der Waals surface area contributed by atoms with Gasteiger partial charge in [0, 0.05) is 58.1 Å². The first kappa shape index (κ1) is 20.0. The smallest absolute Gasteiger partial charge is 0.311 e. The molecule has 2 aliphatic rings. The number of piperidine rings is 1. The van der Waals surface area contributed by atoms with Crippen LogP contribution in [0.5, 0.6) is 0 Å². The fourth-order valence-electron chi connectivity index (χ4n) is 3.57. The van der Waals surface area contributed by atoms with Gasteiger partial charge >= 0.3 is 5.97 Å². The van der Waals surface area contributed by atoms with Crippen LogP contribution in [0.3, 0.4) is 0 Å². The van der Waals surface area contributed by atoms with Crippen molar-refractivity contribution < 1.29 is 19.1 Å². The van der Waals surface area contributed by atoms with Crippen molar-refractivity contribution >= 4 is 23.7 Å². The van der Waals surface area contributed by atoms with Crippen molar-refractivity contribution in [2.45, 2.75) is 26.2 Å². The number of aromatic nitrogens is 2. The first-order chi connectivity index (χ1) is 13.6. The Morgan fingerprint density at radius 2 is 1.75 bits per heavy atom. The number of esters is 1. The van der Waals surface area contributed by atoms with E-state index in [4.69, 9.17) is 4.74 Å². The van der Waals surface area contributed by atoms with Gasteiger partial charge in [0.1, 0.15) is 0 Å². The highest BCUT2D eigenvalue weighted by Gasteiger charge is 2.30.